The highest BCUT2D eigenvalue weighted by Gasteiger charge is 2.17. The number of rotatable bonds is 2. The molecule has 2 aromatic carbocycles. The minimum atomic E-state index is -0.677. The summed E-state index contributed by atoms with van der Waals surface area (Å²) in [7, 11) is 0. The second-order valence-corrected chi connectivity index (χ2v) is 5.99. The van der Waals surface area contributed by atoms with Gasteiger partial charge in [0.2, 0.25) is 0 Å². The Balaban J connectivity index is 2.28. The molecule has 0 fully saturated rings. The number of nitrogens with two attached hydrogens (primary N) is 1. The number of pyridine rings is 1. The Hall–Kier alpha value is -2.68. The van der Waals surface area contributed by atoms with Crippen LogP contribution in [0.4, 0.5) is 14.6 Å². The number of nitrogen functional groups attached to an aromatic ring is 1. The van der Waals surface area contributed by atoms with Crippen LogP contribution in [0, 0.1) is 23.0 Å². The van der Waals surface area contributed by atoms with Crippen LogP contribution in [0.1, 0.15) is 5.56 Å². The summed E-state index contributed by atoms with van der Waals surface area (Å²) in [6.07, 6.45) is 0. The molecule has 0 bridgehead atoms. The summed E-state index contributed by atoms with van der Waals surface area (Å²) in [6.45, 7) is 0. The van der Waals surface area contributed by atoms with Crippen molar-refractivity contribution in [3.63, 3.8) is 0 Å². The summed E-state index contributed by atoms with van der Waals surface area (Å²) in [6, 6.07) is 11.1. The first-order valence-electron chi connectivity index (χ1n) is 7.02. The molecule has 0 radical (unpaired) electrons. The molecule has 7 heteroatoms. The molecule has 0 amide bonds. The first-order chi connectivity index (χ1) is 11.9. The van der Waals surface area contributed by atoms with E-state index in [2.05, 4.69) is 4.98 Å². The van der Waals surface area contributed by atoms with E-state index in [9.17, 15) is 14.0 Å². The zero-order chi connectivity index (χ0) is 18.1. The summed E-state index contributed by atoms with van der Waals surface area (Å²) in [5.74, 6) is -1.40. The average molecular weight is 376 g/mol. The first kappa shape index (κ1) is 17.2. The van der Waals surface area contributed by atoms with Crippen LogP contribution in [0.5, 0.6) is 0 Å². The lowest BCUT2D eigenvalue weighted by Gasteiger charge is -2.11. The molecule has 124 valence electrons. The SMILES string of the molecule is N#Cc1c(-c2cc(F)ccc2F)cc(-c2ccc(Cl)c(Cl)c2)nc1N. The van der Waals surface area contributed by atoms with E-state index in [0.29, 0.717) is 21.3 Å². The number of nitrogens with zero attached hydrogens (tertiary/aromatic N) is 2. The molecule has 0 atom stereocenters. The zero-order valence-electron chi connectivity index (χ0n) is 12.5. The Morgan fingerprint density at radius 2 is 1.72 bits per heavy atom. The minimum absolute atomic E-state index is 0.0340. The maximum Gasteiger partial charge on any atom is 0.142 e. The Morgan fingerprint density at radius 3 is 2.40 bits per heavy atom. The minimum Gasteiger partial charge on any atom is -0.383 e. The van der Waals surface area contributed by atoms with Crippen molar-refractivity contribution in [2.24, 2.45) is 0 Å². The molecule has 3 nitrogen and oxygen atoms in total. The van der Waals surface area contributed by atoms with Gasteiger partial charge in [-0.25, -0.2) is 13.8 Å². The lowest BCUT2D eigenvalue weighted by molar-refractivity contribution is 0.603. The highest BCUT2D eigenvalue weighted by atomic mass is 35.5. The second-order valence-electron chi connectivity index (χ2n) is 5.18. The van der Waals surface area contributed by atoms with E-state index in [4.69, 9.17) is 28.9 Å². The smallest absolute Gasteiger partial charge is 0.142 e. The van der Waals surface area contributed by atoms with Crippen LogP contribution in [-0.2, 0) is 0 Å². The quantitative estimate of drug-likeness (QED) is 0.647. The Bertz CT molecular complexity index is 1030. The molecule has 0 saturated heterocycles. The van der Waals surface area contributed by atoms with Gasteiger partial charge in [0, 0.05) is 16.7 Å². The number of halogens is 4. The van der Waals surface area contributed by atoms with Crippen LogP contribution in [0.15, 0.2) is 42.5 Å². The molecular weight excluding hydrogens is 367 g/mol. The van der Waals surface area contributed by atoms with E-state index in [-0.39, 0.29) is 22.5 Å². The van der Waals surface area contributed by atoms with Crippen molar-refractivity contribution in [2.45, 2.75) is 0 Å². The maximum absolute atomic E-state index is 14.2. The van der Waals surface area contributed by atoms with Crippen molar-refractivity contribution in [1.82, 2.24) is 4.98 Å². The van der Waals surface area contributed by atoms with Crippen molar-refractivity contribution >= 4 is 29.0 Å². The van der Waals surface area contributed by atoms with Gasteiger partial charge in [0.1, 0.15) is 29.1 Å². The number of hydrogen-bond donors (Lipinski definition) is 1. The van der Waals surface area contributed by atoms with Gasteiger partial charge < -0.3 is 5.73 Å². The van der Waals surface area contributed by atoms with Crippen molar-refractivity contribution < 1.29 is 8.78 Å². The third kappa shape index (κ3) is 3.27. The Kier molecular flexibility index (Phi) is 4.58. The van der Waals surface area contributed by atoms with E-state index in [1.807, 2.05) is 6.07 Å². The predicted octanol–water partition coefficient (Wildman–Crippen LogP) is 5.45. The fourth-order valence-corrected chi connectivity index (χ4v) is 2.70. The molecule has 3 aromatic rings. The summed E-state index contributed by atoms with van der Waals surface area (Å²) < 4.78 is 27.7. The normalized spacial score (nSPS) is 10.5. The van der Waals surface area contributed by atoms with E-state index >= 15 is 0 Å². The predicted molar refractivity (Wildman–Crippen MR) is 94.2 cm³/mol. The van der Waals surface area contributed by atoms with Crippen molar-refractivity contribution in [2.75, 3.05) is 5.73 Å². The standard InChI is InChI=1S/C18H9Cl2F2N3/c19-14-3-1-9(5-15(14)20)17-7-11(13(8-23)18(24)25-17)12-6-10(21)2-4-16(12)22/h1-7H,(H2,24,25). The maximum atomic E-state index is 14.2. The third-order valence-corrected chi connectivity index (χ3v) is 4.33. The van der Waals surface area contributed by atoms with E-state index in [1.54, 1.807) is 18.2 Å². The number of nitriles is 1. The van der Waals surface area contributed by atoms with Gasteiger partial charge in [-0.2, -0.15) is 5.26 Å². The second kappa shape index (κ2) is 6.67. The van der Waals surface area contributed by atoms with Crippen LogP contribution in [0.3, 0.4) is 0 Å². The highest BCUT2D eigenvalue weighted by Crippen LogP contribution is 2.34. The molecule has 0 saturated carbocycles. The number of hydrogen-bond acceptors (Lipinski definition) is 3. The van der Waals surface area contributed by atoms with E-state index < -0.39 is 11.6 Å². The van der Waals surface area contributed by atoms with Gasteiger partial charge in [0.25, 0.3) is 0 Å². The van der Waals surface area contributed by atoms with Crippen molar-refractivity contribution in [1.29, 1.82) is 5.26 Å². The molecule has 0 aliphatic rings. The number of anilines is 1. The molecule has 0 unspecified atom stereocenters. The van der Waals surface area contributed by atoms with E-state index in [1.165, 1.54) is 6.07 Å². The number of benzene rings is 2. The summed E-state index contributed by atoms with van der Waals surface area (Å²) in [5, 5.41) is 10.0. The van der Waals surface area contributed by atoms with Crippen LogP contribution in [0.25, 0.3) is 22.4 Å². The molecule has 0 spiro atoms. The lowest BCUT2D eigenvalue weighted by Crippen LogP contribution is -2.01. The number of aromatic nitrogens is 1. The van der Waals surface area contributed by atoms with E-state index in [0.717, 1.165) is 18.2 Å². The molecule has 3 rings (SSSR count). The van der Waals surface area contributed by atoms with Gasteiger partial charge in [-0.15, -0.1) is 0 Å². The van der Waals surface area contributed by atoms with Crippen LogP contribution >= 0.6 is 23.2 Å². The summed E-state index contributed by atoms with van der Waals surface area (Å²) in [5.41, 5.74) is 6.82. The largest absolute Gasteiger partial charge is 0.383 e. The van der Waals surface area contributed by atoms with Crippen LogP contribution < -0.4 is 5.73 Å². The van der Waals surface area contributed by atoms with Gasteiger partial charge in [-0.05, 0) is 36.4 Å². The van der Waals surface area contributed by atoms with Crippen LogP contribution in [0.2, 0.25) is 10.0 Å². The summed E-state index contributed by atoms with van der Waals surface area (Å²) in [4.78, 5) is 4.16. The Morgan fingerprint density at radius 1 is 0.960 bits per heavy atom. The van der Waals surface area contributed by atoms with Crippen molar-refractivity contribution in [3.05, 3.63) is 69.7 Å². The van der Waals surface area contributed by atoms with Gasteiger partial charge in [0.15, 0.2) is 0 Å². The zero-order valence-corrected chi connectivity index (χ0v) is 14.0. The van der Waals surface area contributed by atoms with Crippen molar-refractivity contribution in [3.8, 4) is 28.5 Å². The first-order valence-corrected chi connectivity index (χ1v) is 7.77. The fraction of sp³-hybridized carbons (Fsp3) is 0. The molecule has 25 heavy (non-hydrogen) atoms. The molecule has 1 aromatic heterocycles. The van der Waals surface area contributed by atoms with Gasteiger partial charge >= 0.3 is 0 Å². The van der Waals surface area contributed by atoms with Gasteiger partial charge in [-0.1, -0.05) is 29.3 Å². The summed E-state index contributed by atoms with van der Waals surface area (Å²) >= 11 is 11.9. The molecule has 0 aliphatic heterocycles. The fourth-order valence-electron chi connectivity index (χ4n) is 2.40. The molecule has 2 N–H and O–H groups in total. The van der Waals surface area contributed by atoms with Gasteiger partial charge in [0.05, 0.1) is 15.7 Å². The average Bonchev–Trinajstić information content (AvgIpc) is 2.58. The highest BCUT2D eigenvalue weighted by molar-refractivity contribution is 6.42. The Labute approximate surface area is 152 Å². The molecule has 0 aliphatic carbocycles. The third-order valence-electron chi connectivity index (χ3n) is 3.59. The topological polar surface area (TPSA) is 62.7 Å². The monoisotopic (exact) mass is 375 g/mol. The van der Waals surface area contributed by atoms with Crippen LogP contribution in [-0.4, -0.2) is 4.98 Å². The van der Waals surface area contributed by atoms with Gasteiger partial charge in [-0.3, -0.25) is 0 Å². The molecule has 1 heterocycles. The molecular formula is C18H9Cl2F2N3. The lowest BCUT2D eigenvalue weighted by atomic mass is 9.98.